The van der Waals surface area contributed by atoms with Gasteiger partial charge >= 0.3 is 5.97 Å². The second-order valence-corrected chi connectivity index (χ2v) is 7.96. The van der Waals surface area contributed by atoms with Gasteiger partial charge in [-0.3, -0.25) is 19.4 Å². The van der Waals surface area contributed by atoms with Crippen molar-refractivity contribution in [1.82, 2.24) is 21.3 Å². The molecule has 176 valence electrons. The molecule has 0 saturated carbocycles. The van der Waals surface area contributed by atoms with E-state index in [1.165, 1.54) is 0 Å². The number of carbonyl (C=O) groups is 4. The molecular formula is C19H35N7O5. The summed E-state index contributed by atoms with van der Waals surface area (Å²) in [6.45, 7) is 4.32. The van der Waals surface area contributed by atoms with Crippen LogP contribution >= 0.6 is 0 Å². The highest BCUT2D eigenvalue weighted by Gasteiger charge is 2.28. The minimum atomic E-state index is -1.14. The fourth-order valence-corrected chi connectivity index (χ4v) is 3.18. The summed E-state index contributed by atoms with van der Waals surface area (Å²) in [6, 6.07) is -2.26. The molecule has 12 nitrogen and oxygen atoms in total. The van der Waals surface area contributed by atoms with Crippen molar-refractivity contribution >= 4 is 29.7 Å². The molecule has 0 aliphatic carbocycles. The molecule has 3 unspecified atom stereocenters. The lowest BCUT2D eigenvalue weighted by Gasteiger charge is -2.21. The number of hydrogen-bond acceptors (Lipinski definition) is 6. The molecule has 3 amide bonds. The standard InChI is InChI=1S/C19H35N7O5/c1-11(2)9-14(18(30)31)25-15(27)10-24-16(28)13(6-4-8-23-19(20)21)26-17(29)12-5-3-7-22-12/h11-14,22H,3-10H2,1-2H3,(H,24,28)(H,25,27)(H,26,29)(H,30,31)(H4,20,21,23). The average molecular weight is 442 g/mol. The Morgan fingerprint density at radius 2 is 1.87 bits per heavy atom. The average Bonchev–Trinajstić information content (AvgIpc) is 3.22. The summed E-state index contributed by atoms with van der Waals surface area (Å²) < 4.78 is 0. The van der Waals surface area contributed by atoms with Gasteiger partial charge in [-0.2, -0.15) is 0 Å². The molecule has 0 radical (unpaired) electrons. The quantitative estimate of drug-likeness (QED) is 0.0966. The maximum absolute atomic E-state index is 12.6. The number of nitrogens with zero attached hydrogens (tertiary/aromatic N) is 1. The van der Waals surface area contributed by atoms with Crippen LogP contribution in [0.1, 0.15) is 46.0 Å². The Bertz CT molecular complexity index is 658. The highest BCUT2D eigenvalue weighted by molar-refractivity contribution is 5.92. The van der Waals surface area contributed by atoms with Crippen molar-refractivity contribution in [3.63, 3.8) is 0 Å². The second-order valence-electron chi connectivity index (χ2n) is 7.96. The van der Waals surface area contributed by atoms with Crippen LogP contribution in [0.2, 0.25) is 0 Å². The van der Waals surface area contributed by atoms with Gasteiger partial charge in [-0.1, -0.05) is 13.8 Å². The Labute approximate surface area is 182 Å². The van der Waals surface area contributed by atoms with Gasteiger partial charge in [0, 0.05) is 6.54 Å². The molecule has 1 rings (SSSR count). The third-order valence-electron chi connectivity index (χ3n) is 4.72. The minimum Gasteiger partial charge on any atom is -0.480 e. The van der Waals surface area contributed by atoms with E-state index in [-0.39, 0.29) is 36.7 Å². The smallest absolute Gasteiger partial charge is 0.326 e. The molecule has 1 aliphatic rings. The maximum Gasteiger partial charge on any atom is 0.326 e. The van der Waals surface area contributed by atoms with Crippen molar-refractivity contribution in [2.24, 2.45) is 22.4 Å². The van der Waals surface area contributed by atoms with Gasteiger partial charge in [-0.25, -0.2) is 4.79 Å². The molecular weight excluding hydrogens is 406 g/mol. The molecule has 0 aromatic carbocycles. The van der Waals surface area contributed by atoms with E-state index in [1.54, 1.807) is 0 Å². The largest absolute Gasteiger partial charge is 0.480 e. The van der Waals surface area contributed by atoms with Crippen LogP contribution < -0.4 is 32.7 Å². The zero-order chi connectivity index (χ0) is 23.4. The van der Waals surface area contributed by atoms with E-state index in [9.17, 15) is 24.3 Å². The number of aliphatic imine (C=N–C) groups is 1. The summed E-state index contributed by atoms with van der Waals surface area (Å²) in [6.07, 6.45) is 2.54. The van der Waals surface area contributed by atoms with Gasteiger partial charge in [0.25, 0.3) is 0 Å². The van der Waals surface area contributed by atoms with Crippen LogP contribution in [0.5, 0.6) is 0 Å². The molecule has 1 saturated heterocycles. The molecule has 0 bridgehead atoms. The Balaban J connectivity index is 2.63. The Morgan fingerprint density at radius 1 is 1.16 bits per heavy atom. The third-order valence-corrected chi connectivity index (χ3v) is 4.72. The van der Waals surface area contributed by atoms with Gasteiger partial charge in [0.1, 0.15) is 12.1 Å². The van der Waals surface area contributed by atoms with Gasteiger partial charge in [0.2, 0.25) is 17.7 Å². The summed E-state index contributed by atoms with van der Waals surface area (Å²) in [7, 11) is 0. The summed E-state index contributed by atoms with van der Waals surface area (Å²) in [5.41, 5.74) is 10.6. The Kier molecular flexibility index (Phi) is 11.3. The van der Waals surface area contributed by atoms with Crippen molar-refractivity contribution in [1.29, 1.82) is 0 Å². The van der Waals surface area contributed by atoms with Gasteiger partial charge in [0.15, 0.2) is 5.96 Å². The van der Waals surface area contributed by atoms with E-state index in [2.05, 4.69) is 26.3 Å². The first-order valence-electron chi connectivity index (χ1n) is 10.5. The summed E-state index contributed by atoms with van der Waals surface area (Å²) in [5.74, 6) is -2.57. The van der Waals surface area contributed by atoms with Crippen LogP contribution in [0.4, 0.5) is 0 Å². The SMILES string of the molecule is CC(C)CC(NC(=O)CNC(=O)C(CCCN=C(N)N)NC(=O)C1CCCN1)C(=O)O. The summed E-state index contributed by atoms with van der Waals surface area (Å²) in [5, 5.41) is 19.8. The van der Waals surface area contributed by atoms with Crippen molar-refractivity contribution < 1.29 is 24.3 Å². The lowest BCUT2D eigenvalue weighted by atomic mass is 10.0. The number of carboxylic acid groups (broad SMARTS) is 1. The molecule has 1 aliphatic heterocycles. The zero-order valence-corrected chi connectivity index (χ0v) is 18.1. The number of guanidine groups is 1. The first-order valence-corrected chi connectivity index (χ1v) is 10.5. The van der Waals surface area contributed by atoms with Crippen LogP contribution in [0.3, 0.4) is 0 Å². The van der Waals surface area contributed by atoms with Gasteiger partial charge < -0.3 is 37.8 Å². The number of hydrogen-bond donors (Lipinski definition) is 7. The molecule has 1 fully saturated rings. The number of amides is 3. The van der Waals surface area contributed by atoms with Crippen LogP contribution in [0, 0.1) is 5.92 Å². The number of nitrogens with two attached hydrogens (primary N) is 2. The summed E-state index contributed by atoms with van der Waals surface area (Å²) in [4.78, 5) is 52.2. The van der Waals surface area contributed by atoms with Crippen molar-refractivity contribution in [3.8, 4) is 0 Å². The lowest BCUT2D eigenvalue weighted by molar-refractivity contribution is -0.142. The normalized spacial score (nSPS) is 17.5. The highest BCUT2D eigenvalue weighted by atomic mass is 16.4. The summed E-state index contributed by atoms with van der Waals surface area (Å²) >= 11 is 0. The first-order chi connectivity index (χ1) is 14.6. The first kappa shape index (κ1) is 26.1. The molecule has 0 spiro atoms. The van der Waals surface area contributed by atoms with Crippen molar-refractivity contribution in [3.05, 3.63) is 0 Å². The molecule has 0 aromatic heterocycles. The van der Waals surface area contributed by atoms with Gasteiger partial charge in [0.05, 0.1) is 12.6 Å². The maximum atomic E-state index is 12.6. The lowest BCUT2D eigenvalue weighted by Crippen LogP contribution is -2.53. The number of carbonyl (C=O) groups excluding carboxylic acids is 3. The van der Waals surface area contributed by atoms with Gasteiger partial charge in [-0.15, -0.1) is 0 Å². The number of nitrogens with one attached hydrogen (secondary N) is 4. The van der Waals surface area contributed by atoms with Crippen LogP contribution in [0.25, 0.3) is 0 Å². The third kappa shape index (κ3) is 10.6. The van der Waals surface area contributed by atoms with Crippen molar-refractivity contribution in [2.45, 2.75) is 64.1 Å². The topological polar surface area (TPSA) is 201 Å². The van der Waals surface area contributed by atoms with Gasteiger partial charge in [-0.05, 0) is 44.6 Å². The van der Waals surface area contributed by atoms with Crippen LogP contribution in [-0.4, -0.2) is 72.5 Å². The number of aliphatic carboxylic acids is 1. The Morgan fingerprint density at radius 3 is 2.42 bits per heavy atom. The van der Waals surface area contributed by atoms with Crippen LogP contribution in [0.15, 0.2) is 4.99 Å². The predicted octanol–water partition coefficient (Wildman–Crippen LogP) is -1.99. The van der Waals surface area contributed by atoms with E-state index in [0.717, 1.165) is 13.0 Å². The zero-order valence-electron chi connectivity index (χ0n) is 18.1. The monoisotopic (exact) mass is 441 g/mol. The molecule has 9 N–H and O–H groups in total. The Hall–Kier alpha value is -2.89. The van der Waals surface area contributed by atoms with Crippen molar-refractivity contribution in [2.75, 3.05) is 19.6 Å². The number of carboxylic acids is 1. The second kappa shape index (κ2) is 13.4. The van der Waals surface area contributed by atoms with E-state index in [4.69, 9.17) is 11.5 Å². The highest BCUT2D eigenvalue weighted by Crippen LogP contribution is 2.07. The fourth-order valence-electron chi connectivity index (χ4n) is 3.18. The van der Waals surface area contributed by atoms with E-state index in [1.807, 2.05) is 13.8 Å². The molecule has 1 heterocycles. The minimum absolute atomic E-state index is 0.0637. The van der Waals surface area contributed by atoms with E-state index in [0.29, 0.717) is 19.4 Å². The number of rotatable bonds is 13. The fraction of sp³-hybridized carbons (Fsp3) is 0.737. The van der Waals surface area contributed by atoms with E-state index < -0.39 is 36.4 Å². The molecule has 3 atom stereocenters. The molecule has 12 heteroatoms. The predicted molar refractivity (Wildman–Crippen MR) is 115 cm³/mol. The van der Waals surface area contributed by atoms with E-state index >= 15 is 0 Å². The molecule has 0 aromatic rings. The molecule has 31 heavy (non-hydrogen) atoms. The van der Waals surface area contributed by atoms with Crippen LogP contribution in [-0.2, 0) is 19.2 Å².